The zero-order valence-corrected chi connectivity index (χ0v) is 19.6. The number of carbonyl (C=O) groups excluding carboxylic acids is 3. The fourth-order valence-corrected chi connectivity index (χ4v) is 4.85. The minimum absolute atomic E-state index is 0.135. The Morgan fingerprint density at radius 1 is 0.914 bits per heavy atom. The molecule has 3 aliphatic heterocycles. The zero-order chi connectivity index (χ0) is 24.3. The Balaban J connectivity index is 1.34. The van der Waals surface area contributed by atoms with Crippen LogP contribution in [-0.4, -0.2) is 30.9 Å². The molecule has 0 aromatic heterocycles. The van der Waals surface area contributed by atoms with Gasteiger partial charge >= 0.3 is 0 Å². The topological polar surface area (TPSA) is 84.9 Å². The zero-order valence-electron chi connectivity index (χ0n) is 18.1. The van der Waals surface area contributed by atoms with Gasteiger partial charge in [-0.2, -0.15) is 0 Å². The maximum Gasteiger partial charge on any atom is 0.266 e. The van der Waals surface area contributed by atoms with Gasteiger partial charge in [-0.1, -0.05) is 29.3 Å². The number of fused-ring (bicyclic) bond motifs is 3. The monoisotopic (exact) mass is 506 g/mol. The fraction of sp³-hybridized carbons (Fsp3) is 0.115. The van der Waals surface area contributed by atoms with E-state index in [1.54, 1.807) is 6.07 Å². The lowest BCUT2D eigenvalue weighted by Crippen LogP contribution is -2.29. The highest BCUT2D eigenvalue weighted by atomic mass is 35.5. The van der Waals surface area contributed by atoms with Crippen molar-refractivity contribution in [2.45, 2.75) is 6.42 Å². The fourth-order valence-electron chi connectivity index (χ4n) is 4.48. The van der Waals surface area contributed by atoms with Crippen LogP contribution in [-0.2, 0) is 6.42 Å². The van der Waals surface area contributed by atoms with Gasteiger partial charge in [0.15, 0.2) is 17.3 Å². The van der Waals surface area contributed by atoms with Crippen LogP contribution >= 0.6 is 23.2 Å². The van der Waals surface area contributed by atoms with Crippen LogP contribution in [0.25, 0.3) is 5.70 Å². The molecule has 3 aromatic rings. The van der Waals surface area contributed by atoms with Crippen LogP contribution in [0.15, 0.2) is 54.6 Å². The number of benzene rings is 3. The third-order valence-electron chi connectivity index (χ3n) is 6.19. The number of allylic oxidation sites excluding steroid dienone is 1. The van der Waals surface area contributed by atoms with E-state index in [1.165, 1.54) is 36.4 Å². The van der Waals surface area contributed by atoms with E-state index in [9.17, 15) is 14.4 Å². The molecule has 6 rings (SSSR count). The summed E-state index contributed by atoms with van der Waals surface area (Å²) in [6.07, 6.45) is 2.28. The first kappa shape index (κ1) is 21.7. The maximum absolute atomic E-state index is 13.2. The van der Waals surface area contributed by atoms with E-state index in [-0.39, 0.29) is 40.0 Å². The van der Waals surface area contributed by atoms with Crippen molar-refractivity contribution in [2.75, 3.05) is 18.2 Å². The number of ketones is 1. The van der Waals surface area contributed by atoms with Crippen molar-refractivity contribution < 1.29 is 23.9 Å². The third kappa shape index (κ3) is 3.55. The van der Waals surface area contributed by atoms with Crippen molar-refractivity contribution >= 4 is 52.2 Å². The molecule has 0 fully saturated rings. The van der Waals surface area contributed by atoms with Crippen LogP contribution in [0.4, 0.5) is 5.69 Å². The van der Waals surface area contributed by atoms with E-state index in [0.29, 0.717) is 28.8 Å². The number of halogens is 2. The summed E-state index contributed by atoms with van der Waals surface area (Å²) in [5, 5.41) is 3.82. The average molecular weight is 507 g/mol. The number of nitrogens with zero attached hydrogens (tertiary/aromatic N) is 1. The Morgan fingerprint density at radius 2 is 1.69 bits per heavy atom. The summed E-state index contributed by atoms with van der Waals surface area (Å²) in [6, 6.07) is 12.8. The Hall–Kier alpha value is -3.81. The molecule has 1 N–H and O–H groups in total. The van der Waals surface area contributed by atoms with Gasteiger partial charge in [-0.3, -0.25) is 14.4 Å². The van der Waals surface area contributed by atoms with Crippen molar-refractivity contribution in [3.8, 4) is 11.5 Å². The summed E-state index contributed by atoms with van der Waals surface area (Å²) < 4.78 is 10.9. The second-order valence-electron chi connectivity index (χ2n) is 8.26. The molecule has 2 amide bonds. The number of ether oxygens (including phenoxy) is 2. The molecular formula is C26H16Cl2N2O5. The molecular weight excluding hydrogens is 491 g/mol. The lowest BCUT2D eigenvalue weighted by molar-refractivity contribution is 0.0925. The van der Waals surface area contributed by atoms with Crippen LogP contribution in [0.3, 0.4) is 0 Å². The smallest absolute Gasteiger partial charge is 0.266 e. The van der Waals surface area contributed by atoms with Crippen LogP contribution in [0.1, 0.15) is 42.2 Å². The Labute approximate surface area is 209 Å². The molecule has 7 nitrogen and oxygen atoms in total. The molecule has 3 aliphatic rings. The minimum atomic E-state index is -0.565. The summed E-state index contributed by atoms with van der Waals surface area (Å²) in [4.78, 5) is 40.3. The summed E-state index contributed by atoms with van der Waals surface area (Å²) in [5.74, 6) is -0.0641. The Bertz CT molecular complexity index is 1500. The predicted octanol–water partition coefficient (Wildman–Crippen LogP) is 4.89. The Kier molecular flexibility index (Phi) is 5.05. The van der Waals surface area contributed by atoms with E-state index in [2.05, 4.69) is 5.32 Å². The highest BCUT2D eigenvalue weighted by molar-refractivity contribution is 6.41. The molecule has 9 heteroatoms. The SMILES string of the molecule is O=C(C=C1NCCc2cc3c(cc21)OCO3)c1ccc2c(c1)C(=O)N(c1cc(Cl)ccc1Cl)C2=O. The van der Waals surface area contributed by atoms with Gasteiger partial charge in [0.2, 0.25) is 6.79 Å². The number of anilines is 1. The molecule has 0 spiro atoms. The standard InChI is InChI=1S/C26H16Cl2N2O5/c27-15-2-4-19(28)21(9-15)30-25(32)16-3-1-14(7-18(16)26(30)33)22(31)11-20-17-10-24-23(34-12-35-24)8-13(17)5-6-29-20/h1-4,7-11,29H,5-6,12H2. The van der Waals surface area contributed by atoms with E-state index >= 15 is 0 Å². The number of imide groups is 1. The van der Waals surface area contributed by atoms with Crippen LogP contribution in [0.2, 0.25) is 10.0 Å². The first-order valence-electron chi connectivity index (χ1n) is 10.8. The van der Waals surface area contributed by atoms with Gasteiger partial charge in [0, 0.05) is 34.5 Å². The molecule has 0 bridgehead atoms. The number of hydrogen-bond acceptors (Lipinski definition) is 6. The van der Waals surface area contributed by atoms with Crippen molar-refractivity contribution in [1.82, 2.24) is 5.32 Å². The lowest BCUT2D eigenvalue weighted by Gasteiger charge is -2.21. The van der Waals surface area contributed by atoms with Gasteiger partial charge in [0.25, 0.3) is 11.8 Å². The average Bonchev–Trinajstić information content (AvgIpc) is 3.41. The van der Waals surface area contributed by atoms with Gasteiger partial charge in [-0.25, -0.2) is 4.90 Å². The van der Waals surface area contributed by atoms with Gasteiger partial charge < -0.3 is 14.8 Å². The summed E-state index contributed by atoms with van der Waals surface area (Å²) >= 11 is 12.3. The van der Waals surface area contributed by atoms with Gasteiger partial charge in [0.05, 0.1) is 21.8 Å². The molecule has 3 aromatic carbocycles. The van der Waals surface area contributed by atoms with Crippen LogP contribution in [0, 0.1) is 0 Å². The number of hydrogen-bond donors (Lipinski definition) is 1. The van der Waals surface area contributed by atoms with E-state index in [0.717, 1.165) is 22.4 Å². The Morgan fingerprint density at radius 3 is 2.51 bits per heavy atom. The second kappa shape index (κ2) is 8.15. The van der Waals surface area contributed by atoms with Crippen molar-refractivity contribution in [3.63, 3.8) is 0 Å². The molecule has 35 heavy (non-hydrogen) atoms. The van der Waals surface area contributed by atoms with Crippen molar-refractivity contribution in [1.29, 1.82) is 0 Å². The van der Waals surface area contributed by atoms with E-state index in [1.807, 2.05) is 12.1 Å². The second-order valence-corrected chi connectivity index (χ2v) is 9.11. The molecule has 0 saturated carbocycles. The first-order valence-corrected chi connectivity index (χ1v) is 11.6. The molecule has 3 heterocycles. The number of carbonyl (C=O) groups is 3. The highest BCUT2D eigenvalue weighted by Crippen LogP contribution is 2.38. The summed E-state index contributed by atoms with van der Waals surface area (Å²) in [7, 11) is 0. The normalized spacial score (nSPS) is 16.9. The number of amides is 2. The molecule has 0 unspecified atom stereocenters. The molecule has 0 atom stereocenters. The molecule has 174 valence electrons. The first-order chi connectivity index (χ1) is 16.9. The predicted molar refractivity (Wildman–Crippen MR) is 131 cm³/mol. The van der Waals surface area contributed by atoms with Gasteiger partial charge in [0.1, 0.15) is 0 Å². The maximum atomic E-state index is 13.2. The van der Waals surface area contributed by atoms with Crippen LogP contribution < -0.4 is 19.7 Å². The van der Waals surface area contributed by atoms with Crippen LogP contribution in [0.5, 0.6) is 11.5 Å². The highest BCUT2D eigenvalue weighted by Gasteiger charge is 2.38. The number of nitrogens with one attached hydrogen (secondary N) is 1. The molecule has 0 saturated heterocycles. The van der Waals surface area contributed by atoms with Gasteiger partial charge in [-0.05, 0) is 54.4 Å². The summed E-state index contributed by atoms with van der Waals surface area (Å²) in [6.45, 7) is 0.835. The molecule has 0 radical (unpaired) electrons. The van der Waals surface area contributed by atoms with E-state index < -0.39 is 11.8 Å². The van der Waals surface area contributed by atoms with Gasteiger partial charge in [-0.15, -0.1) is 0 Å². The quantitative estimate of drug-likeness (QED) is 0.309. The molecule has 0 aliphatic carbocycles. The lowest BCUT2D eigenvalue weighted by atomic mass is 9.95. The summed E-state index contributed by atoms with van der Waals surface area (Å²) in [5.41, 5.74) is 3.39. The minimum Gasteiger partial charge on any atom is -0.454 e. The van der Waals surface area contributed by atoms with E-state index in [4.69, 9.17) is 32.7 Å². The van der Waals surface area contributed by atoms with Crippen molar-refractivity contribution in [3.05, 3.63) is 92.5 Å². The largest absolute Gasteiger partial charge is 0.454 e. The van der Waals surface area contributed by atoms with Crippen molar-refractivity contribution in [2.24, 2.45) is 0 Å². The third-order valence-corrected chi connectivity index (χ3v) is 6.75. The number of rotatable bonds is 3.